The molecule has 1 spiro atoms. The lowest BCUT2D eigenvalue weighted by Gasteiger charge is -2.36. The Hall–Kier alpha value is -2.21. The summed E-state index contributed by atoms with van der Waals surface area (Å²) in [5, 5.41) is 0. The molecule has 1 aliphatic heterocycles. The zero-order valence-corrected chi connectivity index (χ0v) is 16.9. The standard InChI is InChI=1S/C23H29FN4O/c24-17-5-7-18(8-6-17)28-15-13-27(14-16-28)12-2-4-20-25-21-19(22(29)26-20)3-1-9-23(21)10-11-23/h5-8H,1-4,9-16H2,(H,25,26,29). The van der Waals surface area contributed by atoms with Crippen molar-refractivity contribution in [1.82, 2.24) is 14.9 Å². The normalized spacial score (nSPS) is 20.7. The first-order valence-corrected chi connectivity index (χ1v) is 11.0. The number of aromatic amines is 1. The van der Waals surface area contributed by atoms with Gasteiger partial charge in [-0.2, -0.15) is 0 Å². The molecule has 154 valence electrons. The molecule has 2 aromatic rings. The molecular formula is C23H29FN4O. The van der Waals surface area contributed by atoms with Gasteiger partial charge in [-0.3, -0.25) is 9.69 Å². The van der Waals surface area contributed by atoms with Crippen LogP contribution in [0.2, 0.25) is 0 Å². The van der Waals surface area contributed by atoms with E-state index in [2.05, 4.69) is 14.8 Å². The summed E-state index contributed by atoms with van der Waals surface area (Å²) < 4.78 is 13.1. The van der Waals surface area contributed by atoms with Crippen LogP contribution >= 0.6 is 0 Å². The van der Waals surface area contributed by atoms with Crippen molar-refractivity contribution in [3.8, 4) is 0 Å². The summed E-state index contributed by atoms with van der Waals surface area (Å²) >= 11 is 0. The Morgan fingerprint density at radius 1 is 1.07 bits per heavy atom. The van der Waals surface area contributed by atoms with Crippen LogP contribution in [0.4, 0.5) is 10.1 Å². The van der Waals surface area contributed by atoms with Gasteiger partial charge in [-0.05, 0) is 69.3 Å². The van der Waals surface area contributed by atoms with E-state index in [-0.39, 0.29) is 16.8 Å². The Bertz CT molecular complexity index is 927. The van der Waals surface area contributed by atoms with E-state index in [0.29, 0.717) is 0 Å². The van der Waals surface area contributed by atoms with Gasteiger partial charge in [0.1, 0.15) is 11.6 Å². The highest BCUT2D eigenvalue weighted by atomic mass is 19.1. The summed E-state index contributed by atoms with van der Waals surface area (Å²) in [5.74, 6) is 0.681. The molecule has 2 heterocycles. The number of aromatic nitrogens is 2. The van der Waals surface area contributed by atoms with Gasteiger partial charge < -0.3 is 9.88 Å². The van der Waals surface area contributed by atoms with Crippen molar-refractivity contribution in [2.75, 3.05) is 37.6 Å². The third-order valence-corrected chi connectivity index (χ3v) is 6.95. The maximum Gasteiger partial charge on any atom is 0.254 e. The molecule has 1 N–H and O–H groups in total. The lowest BCUT2D eigenvalue weighted by Crippen LogP contribution is -2.46. The third kappa shape index (κ3) is 3.82. The van der Waals surface area contributed by atoms with Gasteiger partial charge in [-0.1, -0.05) is 0 Å². The minimum atomic E-state index is -0.186. The fourth-order valence-electron chi connectivity index (χ4n) is 5.04. The minimum absolute atomic E-state index is 0.101. The average Bonchev–Trinajstić information content (AvgIpc) is 3.50. The summed E-state index contributed by atoms with van der Waals surface area (Å²) in [5.41, 5.74) is 3.51. The van der Waals surface area contributed by atoms with Crippen molar-refractivity contribution in [2.24, 2.45) is 0 Å². The number of halogens is 1. The molecule has 6 heteroatoms. The van der Waals surface area contributed by atoms with E-state index in [9.17, 15) is 9.18 Å². The van der Waals surface area contributed by atoms with Gasteiger partial charge in [0.15, 0.2) is 0 Å². The van der Waals surface area contributed by atoms with E-state index in [1.54, 1.807) is 0 Å². The first-order valence-electron chi connectivity index (χ1n) is 11.0. The molecule has 2 fully saturated rings. The number of anilines is 1. The molecule has 0 bridgehead atoms. The molecule has 0 unspecified atom stereocenters. The van der Waals surface area contributed by atoms with Crippen LogP contribution in [0.15, 0.2) is 29.1 Å². The lowest BCUT2D eigenvalue weighted by molar-refractivity contribution is 0.254. The highest BCUT2D eigenvalue weighted by molar-refractivity contribution is 5.46. The second-order valence-corrected chi connectivity index (χ2v) is 8.88. The smallest absolute Gasteiger partial charge is 0.254 e. The van der Waals surface area contributed by atoms with E-state index in [1.165, 1.54) is 31.4 Å². The monoisotopic (exact) mass is 396 g/mol. The van der Waals surface area contributed by atoms with E-state index in [4.69, 9.17) is 4.98 Å². The zero-order valence-electron chi connectivity index (χ0n) is 16.9. The van der Waals surface area contributed by atoms with Crippen LogP contribution in [-0.2, 0) is 18.3 Å². The van der Waals surface area contributed by atoms with Crippen LogP contribution in [0.25, 0.3) is 0 Å². The maximum absolute atomic E-state index is 13.1. The van der Waals surface area contributed by atoms with Crippen molar-refractivity contribution in [2.45, 2.75) is 50.4 Å². The molecule has 0 atom stereocenters. The lowest BCUT2D eigenvalue weighted by atomic mass is 9.84. The van der Waals surface area contributed by atoms with Gasteiger partial charge in [0, 0.05) is 49.3 Å². The predicted octanol–water partition coefficient (Wildman–Crippen LogP) is 3.03. The summed E-state index contributed by atoms with van der Waals surface area (Å²) in [6, 6.07) is 6.77. The number of hydrogen-bond acceptors (Lipinski definition) is 4. The zero-order chi connectivity index (χ0) is 19.8. The fourth-order valence-corrected chi connectivity index (χ4v) is 5.04. The number of hydrogen-bond donors (Lipinski definition) is 1. The average molecular weight is 397 g/mol. The quantitative estimate of drug-likeness (QED) is 0.844. The van der Waals surface area contributed by atoms with Crippen LogP contribution in [0.5, 0.6) is 0 Å². The fraction of sp³-hybridized carbons (Fsp3) is 0.565. The van der Waals surface area contributed by atoms with Gasteiger partial charge in [0.25, 0.3) is 5.56 Å². The minimum Gasteiger partial charge on any atom is -0.369 e. The number of fused-ring (bicyclic) bond motifs is 2. The number of benzene rings is 1. The van der Waals surface area contributed by atoms with E-state index >= 15 is 0 Å². The number of nitrogens with zero attached hydrogens (tertiary/aromatic N) is 3. The van der Waals surface area contributed by atoms with Crippen molar-refractivity contribution < 1.29 is 4.39 Å². The predicted molar refractivity (Wildman–Crippen MR) is 112 cm³/mol. The van der Waals surface area contributed by atoms with Gasteiger partial charge in [0.05, 0.1) is 5.69 Å². The highest BCUT2D eigenvalue weighted by Crippen LogP contribution is 2.53. The van der Waals surface area contributed by atoms with Crippen LogP contribution < -0.4 is 10.5 Å². The molecule has 29 heavy (non-hydrogen) atoms. The van der Waals surface area contributed by atoms with Gasteiger partial charge in [0.2, 0.25) is 0 Å². The largest absolute Gasteiger partial charge is 0.369 e. The number of H-pyrrole nitrogens is 1. The second kappa shape index (κ2) is 7.56. The van der Waals surface area contributed by atoms with Crippen molar-refractivity contribution in [3.05, 3.63) is 57.5 Å². The van der Waals surface area contributed by atoms with Gasteiger partial charge in [-0.15, -0.1) is 0 Å². The summed E-state index contributed by atoms with van der Waals surface area (Å²) in [6.07, 6.45) is 7.46. The van der Waals surface area contributed by atoms with E-state index in [0.717, 1.165) is 81.2 Å². The third-order valence-electron chi connectivity index (χ3n) is 6.95. The molecule has 5 nitrogen and oxygen atoms in total. The Balaban J connectivity index is 1.14. The molecule has 2 aliphatic carbocycles. The molecule has 3 aliphatic rings. The van der Waals surface area contributed by atoms with E-state index in [1.807, 2.05) is 12.1 Å². The first-order chi connectivity index (χ1) is 14.1. The number of aryl methyl sites for hydroxylation is 1. The molecule has 1 aromatic carbocycles. The van der Waals surface area contributed by atoms with Crippen LogP contribution in [0, 0.1) is 5.82 Å². The molecule has 0 amide bonds. The van der Waals surface area contributed by atoms with Gasteiger partial charge in [-0.25, -0.2) is 9.37 Å². The molecular weight excluding hydrogens is 367 g/mol. The summed E-state index contributed by atoms with van der Waals surface area (Å²) in [7, 11) is 0. The Morgan fingerprint density at radius 3 is 2.55 bits per heavy atom. The molecule has 1 saturated heterocycles. The highest BCUT2D eigenvalue weighted by Gasteiger charge is 2.48. The molecule has 5 rings (SSSR count). The summed E-state index contributed by atoms with van der Waals surface area (Å²) in [6.45, 7) is 4.95. The van der Waals surface area contributed by atoms with Crippen molar-refractivity contribution in [1.29, 1.82) is 0 Å². The second-order valence-electron chi connectivity index (χ2n) is 8.88. The Kier molecular flexibility index (Phi) is 4.90. The van der Waals surface area contributed by atoms with Gasteiger partial charge >= 0.3 is 0 Å². The molecule has 1 saturated carbocycles. The number of rotatable bonds is 5. The van der Waals surface area contributed by atoms with Crippen molar-refractivity contribution >= 4 is 5.69 Å². The maximum atomic E-state index is 13.1. The number of piperazine rings is 1. The summed E-state index contributed by atoms with van der Waals surface area (Å²) in [4.78, 5) is 25.3. The van der Waals surface area contributed by atoms with Crippen LogP contribution in [0.1, 0.15) is 49.2 Å². The van der Waals surface area contributed by atoms with E-state index < -0.39 is 0 Å². The molecule has 0 radical (unpaired) electrons. The van der Waals surface area contributed by atoms with Crippen LogP contribution in [0.3, 0.4) is 0 Å². The first kappa shape index (κ1) is 18.8. The molecule has 1 aromatic heterocycles. The van der Waals surface area contributed by atoms with Crippen LogP contribution in [-0.4, -0.2) is 47.6 Å². The topological polar surface area (TPSA) is 52.2 Å². The number of nitrogens with one attached hydrogen (secondary N) is 1. The Labute approximate surface area is 171 Å². The SMILES string of the molecule is O=c1[nH]c(CCCN2CCN(c3ccc(F)cc3)CC2)nc2c1CCCC21CC1. The van der Waals surface area contributed by atoms with Crippen molar-refractivity contribution in [3.63, 3.8) is 0 Å². The Morgan fingerprint density at radius 2 is 1.83 bits per heavy atom.